The van der Waals surface area contributed by atoms with Crippen molar-refractivity contribution in [2.45, 2.75) is 5.92 Å². The molecule has 12 nitrogen and oxygen atoms in total. The van der Waals surface area contributed by atoms with E-state index in [2.05, 4.69) is 21.1 Å². The van der Waals surface area contributed by atoms with Crippen LogP contribution in [0.5, 0.6) is 0 Å². The number of hydrogen-bond acceptors (Lipinski definition) is 8. The van der Waals surface area contributed by atoms with Gasteiger partial charge in [0.05, 0.1) is 4.92 Å². The maximum absolute atomic E-state index is 13.2. The van der Waals surface area contributed by atoms with Gasteiger partial charge in [-0.1, -0.05) is 53.7 Å². The van der Waals surface area contributed by atoms with E-state index < -0.39 is 46.0 Å². The number of carbonyl (C=O) groups is 3. The lowest BCUT2D eigenvalue weighted by Gasteiger charge is -2.18. The van der Waals surface area contributed by atoms with Crippen LogP contribution in [-0.2, 0) is 9.59 Å². The van der Waals surface area contributed by atoms with E-state index in [4.69, 9.17) is 10.3 Å². The van der Waals surface area contributed by atoms with E-state index in [1.165, 1.54) is 24.3 Å². The monoisotopic (exact) mass is 500 g/mol. The lowest BCUT2D eigenvalue weighted by atomic mass is 9.95. The second-order valence-corrected chi connectivity index (χ2v) is 7.72. The minimum Gasteiger partial charge on any atom is -0.375 e. The molecule has 186 valence electrons. The molecule has 0 saturated heterocycles. The van der Waals surface area contributed by atoms with Crippen molar-refractivity contribution in [3.8, 4) is 0 Å². The molecule has 3 amide bonds. The molecule has 0 atom stereocenters. The van der Waals surface area contributed by atoms with Gasteiger partial charge in [-0.3, -0.25) is 29.8 Å². The Balaban J connectivity index is 1.57. The quantitative estimate of drug-likeness (QED) is 0.160. The van der Waals surface area contributed by atoms with Crippen LogP contribution in [0.25, 0.3) is 0 Å². The normalized spacial score (nSPS) is 10.5. The minimum atomic E-state index is -1.26. The molecule has 4 rings (SSSR count). The number of anilines is 4. The maximum atomic E-state index is 13.2. The zero-order valence-corrected chi connectivity index (χ0v) is 19.1. The Bertz CT molecular complexity index is 1380. The van der Waals surface area contributed by atoms with Crippen LogP contribution in [0.1, 0.15) is 21.8 Å². The molecule has 1 aromatic heterocycles. The molecule has 0 spiro atoms. The summed E-state index contributed by atoms with van der Waals surface area (Å²) in [5.41, 5.74) is 6.15. The van der Waals surface area contributed by atoms with E-state index in [9.17, 15) is 24.5 Å². The summed E-state index contributed by atoms with van der Waals surface area (Å²) in [7, 11) is 0. The van der Waals surface area contributed by atoms with Crippen LogP contribution in [0.4, 0.5) is 28.8 Å². The predicted molar refractivity (Wildman–Crippen MR) is 135 cm³/mol. The number of nitro groups is 1. The molecule has 37 heavy (non-hydrogen) atoms. The van der Waals surface area contributed by atoms with E-state index in [0.717, 1.165) is 0 Å². The molecule has 12 heteroatoms. The summed E-state index contributed by atoms with van der Waals surface area (Å²) in [5.74, 6) is -4.15. The Labute approximate surface area is 209 Å². The SMILES string of the molecule is Nc1noc(NC(=O)c2ccc(C(C(=O)Nc3ccccc3)C(=O)Nc3ccccc3)cc2)c1[N+](=O)[O-]. The Morgan fingerprint density at radius 3 is 1.81 bits per heavy atom. The molecule has 1 heterocycles. The van der Waals surface area contributed by atoms with Gasteiger partial charge in [0.25, 0.3) is 5.91 Å². The van der Waals surface area contributed by atoms with E-state index in [-0.39, 0.29) is 5.56 Å². The molecule has 0 bridgehead atoms. The van der Waals surface area contributed by atoms with Gasteiger partial charge in [0.2, 0.25) is 17.6 Å². The number of para-hydroxylation sites is 2. The van der Waals surface area contributed by atoms with Crippen LogP contribution in [0, 0.1) is 10.1 Å². The van der Waals surface area contributed by atoms with Crippen molar-refractivity contribution in [1.29, 1.82) is 0 Å². The van der Waals surface area contributed by atoms with Crippen LogP contribution < -0.4 is 21.7 Å². The summed E-state index contributed by atoms with van der Waals surface area (Å²) in [6.45, 7) is 0. The number of rotatable bonds is 8. The fourth-order valence-electron chi connectivity index (χ4n) is 3.45. The number of carbonyl (C=O) groups excluding carboxylic acids is 3. The standard InChI is InChI=1S/C25H20N6O6/c26-21-20(31(35)36)25(37-30-21)29-22(32)16-13-11-15(12-14-16)19(23(33)27-17-7-3-1-4-8-17)24(34)28-18-9-5-2-6-10-18/h1-14,19H,(H2,26,30)(H,27,33)(H,28,34)(H,29,32). The molecule has 0 aliphatic carbocycles. The minimum absolute atomic E-state index is 0.0821. The molecule has 0 aliphatic heterocycles. The molecule has 3 aromatic carbocycles. The maximum Gasteiger partial charge on any atom is 0.376 e. The summed E-state index contributed by atoms with van der Waals surface area (Å²) in [6.07, 6.45) is 0. The Kier molecular flexibility index (Phi) is 7.19. The third kappa shape index (κ3) is 5.77. The summed E-state index contributed by atoms with van der Waals surface area (Å²) in [5, 5.41) is 22.1. The van der Waals surface area contributed by atoms with Crippen LogP contribution in [-0.4, -0.2) is 27.8 Å². The summed E-state index contributed by atoms with van der Waals surface area (Å²) in [4.78, 5) is 49.2. The molecule has 0 fully saturated rings. The number of nitrogen functional groups attached to an aromatic ring is 1. The van der Waals surface area contributed by atoms with E-state index >= 15 is 0 Å². The smallest absolute Gasteiger partial charge is 0.375 e. The Morgan fingerprint density at radius 1 is 0.811 bits per heavy atom. The van der Waals surface area contributed by atoms with Gasteiger partial charge in [0.1, 0.15) is 5.92 Å². The van der Waals surface area contributed by atoms with Crippen molar-refractivity contribution >= 4 is 46.5 Å². The number of aromatic nitrogens is 1. The lowest BCUT2D eigenvalue weighted by Crippen LogP contribution is -2.32. The first-order valence-corrected chi connectivity index (χ1v) is 10.9. The molecule has 0 unspecified atom stereocenters. The van der Waals surface area contributed by atoms with Crippen molar-refractivity contribution in [3.63, 3.8) is 0 Å². The topological polar surface area (TPSA) is 182 Å². The van der Waals surface area contributed by atoms with Gasteiger partial charge in [-0.15, -0.1) is 0 Å². The fraction of sp³-hybridized carbons (Fsp3) is 0.0400. The largest absolute Gasteiger partial charge is 0.376 e. The number of hydrogen-bond donors (Lipinski definition) is 4. The first kappa shape index (κ1) is 24.6. The highest BCUT2D eigenvalue weighted by molar-refractivity contribution is 6.15. The molecular weight excluding hydrogens is 480 g/mol. The zero-order valence-electron chi connectivity index (χ0n) is 19.1. The number of benzene rings is 3. The van der Waals surface area contributed by atoms with Crippen molar-refractivity contribution in [3.05, 3.63) is 106 Å². The molecule has 5 N–H and O–H groups in total. The molecule has 4 aromatic rings. The highest BCUT2D eigenvalue weighted by Gasteiger charge is 2.30. The predicted octanol–water partition coefficient (Wildman–Crippen LogP) is 3.78. The second-order valence-electron chi connectivity index (χ2n) is 7.72. The van der Waals surface area contributed by atoms with Crippen LogP contribution >= 0.6 is 0 Å². The lowest BCUT2D eigenvalue weighted by molar-refractivity contribution is -0.383. The second kappa shape index (κ2) is 10.8. The number of nitrogens with one attached hydrogen (secondary N) is 3. The van der Waals surface area contributed by atoms with Gasteiger partial charge >= 0.3 is 11.6 Å². The van der Waals surface area contributed by atoms with Gasteiger partial charge in [-0.05, 0) is 42.0 Å². The zero-order chi connectivity index (χ0) is 26.4. The summed E-state index contributed by atoms with van der Waals surface area (Å²) in [6, 6.07) is 22.9. The molecule has 0 aliphatic rings. The fourth-order valence-corrected chi connectivity index (χ4v) is 3.45. The Hall–Kier alpha value is -5.52. The Morgan fingerprint density at radius 2 is 1.32 bits per heavy atom. The van der Waals surface area contributed by atoms with Gasteiger partial charge < -0.3 is 20.9 Å². The molecule has 0 radical (unpaired) electrons. The van der Waals surface area contributed by atoms with Gasteiger partial charge in [-0.25, -0.2) is 0 Å². The molecule has 0 saturated carbocycles. The van der Waals surface area contributed by atoms with E-state index in [1.807, 2.05) is 0 Å². The number of nitrogens with zero attached hydrogens (tertiary/aromatic N) is 2. The van der Waals surface area contributed by atoms with E-state index in [1.54, 1.807) is 60.7 Å². The van der Waals surface area contributed by atoms with Gasteiger partial charge in [0, 0.05) is 16.9 Å². The van der Waals surface area contributed by atoms with Gasteiger partial charge in [0.15, 0.2) is 0 Å². The van der Waals surface area contributed by atoms with Crippen molar-refractivity contribution in [2.75, 3.05) is 21.7 Å². The first-order valence-electron chi connectivity index (χ1n) is 10.9. The van der Waals surface area contributed by atoms with Crippen molar-refractivity contribution in [2.24, 2.45) is 0 Å². The first-order chi connectivity index (χ1) is 17.8. The summed E-state index contributed by atoms with van der Waals surface area (Å²) < 4.78 is 4.73. The van der Waals surface area contributed by atoms with E-state index in [0.29, 0.717) is 16.9 Å². The van der Waals surface area contributed by atoms with Crippen molar-refractivity contribution in [1.82, 2.24) is 5.16 Å². The average Bonchev–Trinajstić information content (AvgIpc) is 3.25. The highest BCUT2D eigenvalue weighted by atomic mass is 16.6. The van der Waals surface area contributed by atoms with Crippen LogP contribution in [0.2, 0.25) is 0 Å². The van der Waals surface area contributed by atoms with Crippen LogP contribution in [0.15, 0.2) is 89.5 Å². The molecular formula is C25H20N6O6. The third-order valence-corrected chi connectivity index (χ3v) is 5.22. The highest BCUT2D eigenvalue weighted by Crippen LogP contribution is 2.30. The van der Waals surface area contributed by atoms with Crippen LogP contribution in [0.3, 0.4) is 0 Å². The summed E-state index contributed by atoms with van der Waals surface area (Å²) >= 11 is 0. The number of nitrogens with two attached hydrogens (primary N) is 1. The van der Waals surface area contributed by atoms with Crippen molar-refractivity contribution < 1.29 is 23.8 Å². The average molecular weight is 500 g/mol. The number of amides is 3. The van der Waals surface area contributed by atoms with Gasteiger partial charge in [-0.2, -0.15) is 0 Å². The third-order valence-electron chi connectivity index (χ3n) is 5.22.